The van der Waals surface area contributed by atoms with E-state index in [1.807, 2.05) is 12.1 Å². The van der Waals surface area contributed by atoms with Crippen LogP contribution in [-0.2, 0) is 6.54 Å². The quantitative estimate of drug-likeness (QED) is 0.930. The van der Waals surface area contributed by atoms with Crippen molar-refractivity contribution in [2.75, 3.05) is 10.6 Å². The summed E-state index contributed by atoms with van der Waals surface area (Å²) < 4.78 is 0.928. The van der Waals surface area contributed by atoms with E-state index in [1.54, 1.807) is 6.20 Å². The van der Waals surface area contributed by atoms with Gasteiger partial charge in [-0.1, -0.05) is 30.3 Å². The zero-order chi connectivity index (χ0) is 13.8. The van der Waals surface area contributed by atoms with Crippen molar-refractivity contribution in [3.05, 3.63) is 52.6 Å². The van der Waals surface area contributed by atoms with E-state index in [4.69, 9.17) is 5.73 Å². The Morgan fingerprint density at radius 2 is 1.95 bits per heavy atom. The number of halogens is 1. The topological polar surface area (TPSA) is 42.2 Å². The van der Waals surface area contributed by atoms with Gasteiger partial charge >= 0.3 is 0 Å². The molecular formula is C15H18BrN3. The summed E-state index contributed by atoms with van der Waals surface area (Å²) >= 11 is 3.55. The minimum atomic E-state index is 0.354. The summed E-state index contributed by atoms with van der Waals surface area (Å²) in [7, 11) is 0. The standard InChI is InChI=1S/C15H18BrN3/c1-11(2)19(10-12-6-4-3-5-7-12)15-14(16)8-13(17)9-18-15/h3-9,11H,10,17H2,1-2H3. The number of nitrogens with zero attached hydrogens (tertiary/aromatic N) is 2. The first-order chi connectivity index (χ1) is 9.08. The highest BCUT2D eigenvalue weighted by Gasteiger charge is 2.15. The molecule has 0 atom stereocenters. The van der Waals surface area contributed by atoms with Gasteiger partial charge in [-0.15, -0.1) is 0 Å². The summed E-state index contributed by atoms with van der Waals surface area (Å²) in [4.78, 5) is 6.70. The van der Waals surface area contributed by atoms with E-state index in [1.165, 1.54) is 5.56 Å². The van der Waals surface area contributed by atoms with E-state index < -0.39 is 0 Å². The molecular weight excluding hydrogens is 302 g/mol. The van der Waals surface area contributed by atoms with Crippen molar-refractivity contribution in [1.29, 1.82) is 0 Å². The minimum Gasteiger partial charge on any atom is -0.397 e. The van der Waals surface area contributed by atoms with Crippen LogP contribution in [-0.4, -0.2) is 11.0 Å². The van der Waals surface area contributed by atoms with E-state index in [0.29, 0.717) is 11.7 Å². The Hall–Kier alpha value is -1.55. The van der Waals surface area contributed by atoms with Crippen LogP contribution < -0.4 is 10.6 Å². The van der Waals surface area contributed by atoms with Crippen molar-refractivity contribution in [3.63, 3.8) is 0 Å². The first kappa shape index (κ1) is 13.9. The number of benzene rings is 1. The molecule has 19 heavy (non-hydrogen) atoms. The number of nitrogen functional groups attached to an aromatic ring is 1. The number of aromatic nitrogens is 1. The number of hydrogen-bond donors (Lipinski definition) is 1. The number of nitrogens with two attached hydrogens (primary N) is 1. The summed E-state index contributed by atoms with van der Waals surface area (Å²) in [5.41, 5.74) is 7.68. The van der Waals surface area contributed by atoms with Crippen molar-refractivity contribution >= 4 is 27.4 Å². The molecule has 0 aliphatic heterocycles. The lowest BCUT2D eigenvalue weighted by atomic mass is 10.2. The lowest BCUT2D eigenvalue weighted by molar-refractivity contribution is 0.671. The van der Waals surface area contributed by atoms with E-state index in [9.17, 15) is 0 Å². The van der Waals surface area contributed by atoms with E-state index >= 15 is 0 Å². The average Bonchev–Trinajstić information content (AvgIpc) is 2.38. The molecule has 1 aromatic heterocycles. The third kappa shape index (κ3) is 3.47. The van der Waals surface area contributed by atoms with Gasteiger partial charge in [-0.3, -0.25) is 0 Å². The molecule has 2 N–H and O–H groups in total. The van der Waals surface area contributed by atoms with E-state index in [2.05, 4.69) is 63.9 Å². The first-order valence-corrected chi connectivity index (χ1v) is 7.09. The monoisotopic (exact) mass is 319 g/mol. The Morgan fingerprint density at radius 1 is 1.26 bits per heavy atom. The summed E-state index contributed by atoms with van der Waals surface area (Å²) in [5, 5.41) is 0. The highest BCUT2D eigenvalue weighted by molar-refractivity contribution is 9.10. The van der Waals surface area contributed by atoms with Crippen molar-refractivity contribution in [2.24, 2.45) is 0 Å². The Morgan fingerprint density at radius 3 is 2.53 bits per heavy atom. The van der Waals surface area contributed by atoms with Crippen LogP contribution in [0.4, 0.5) is 11.5 Å². The van der Waals surface area contributed by atoms with Crippen LogP contribution in [0, 0.1) is 0 Å². The molecule has 4 heteroatoms. The first-order valence-electron chi connectivity index (χ1n) is 6.29. The molecule has 0 saturated carbocycles. The van der Waals surface area contributed by atoms with Crippen molar-refractivity contribution in [3.8, 4) is 0 Å². The zero-order valence-electron chi connectivity index (χ0n) is 11.2. The number of hydrogen-bond acceptors (Lipinski definition) is 3. The molecule has 1 aromatic carbocycles. The van der Waals surface area contributed by atoms with Gasteiger partial charge in [0.15, 0.2) is 0 Å². The molecule has 0 fully saturated rings. The predicted molar refractivity (Wildman–Crippen MR) is 84.1 cm³/mol. The molecule has 0 bridgehead atoms. The van der Waals surface area contributed by atoms with Crippen molar-refractivity contribution in [1.82, 2.24) is 4.98 Å². The normalized spacial score (nSPS) is 10.7. The van der Waals surface area contributed by atoms with Gasteiger partial charge < -0.3 is 10.6 Å². The van der Waals surface area contributed by atoms with Gasteiger partial charge in [0.1, 0.15) is 5.82 Å². The van der Waals surface area contributed by atoms with Crippen LogP contribution in [0.15, 0.2) is 47.1 Å². The molecule has 0 unspecified atom stereocenters. The Bertz CT molecular complexity index is 540. The van der Waals surface area contributed by atoms with Crippen LogP contribution in [0.1, 0.15) is 19.4 Å². The SMILES string of the molecule is CC(C)N(Cc1ccccc1)c1ncc(N)cc1Br. The second-order valence-corrected chi connectivity index (χ2v) is 5.64. The van der Waals surface area contributed by atoms with Gasteiger partial charge in [-0.05, 0) is 41.4 Å². The number of rotatable bonds is 4. The summed E-state index contributed by atoms with van der Waals surface area (Å²) in [6.45, 7) is 5.15. The maximum absolute atomic E-state index is 5.75. The second-order valence-electron chi connectivity index (χ2n) is 4.78. The zero-order valence-corrected chi connectivity index (χ0v) is 12.8. The Kier molecular flexibility index (Phi) is 4.43. The van der Waals surface area contributed by atoms with E-state index in [0.717, 1.165) is 16.8 Å². The fraction of sp³-hybridized carbons (Fsp3) is 0.267. The van der Waals surface area contributed by atoms with Crippen molar-refractivity contribution < 1.29 is 0 Å². The summed E-state index contributed by atoms with van der Waals surface area (Å²) in [6, 6.07) is 12.6. The third-order valence-electron chi connectivity index (χ3n) is 2.93. The van der Waals surface area contributed by atoms with Gasteiger partial charge in [0, 0.05) is 12.6 Å². The molecule has 100 valence electrons. The molecule has 2 rings (SSSR count). The lowest BCUT2D eigenvalue weighted by Crippen LogP contribution is -2.31. The maximum Gasteiger partial charge on any atom is 0.143 e. The molecule has 3 nitrogen and oxygen atoms in total. The van der Waals surface area contributed by atoms with Crippen LogP contribution >= 0.6 is 15.9 Å². The molecule has 0 aliphatic rings. The predicted octanol–water partition coefficient (Wildman–Crippen LogP) is 3.84. The number of anilines is 2. The molecule has 0 radical (unpaired) electrons. The summed E-state index contributed by atoms with van der Waals surface area (Å²) in [5.74, 6) is 0.924. The van der Waals surface area contributed by atoms with Crippen LogP contribution in [0.25, 0.3) is 0 Å². The molecule has 1 heterocycles. The molecule has 0 aliphatic carbocycles. The largest absolute Gasteiger partial charge is 0.397 e. The highest BCUT2D eigenvalue weighted by atomic mass is 79.9. The van der Waals surface area contributed by atoms with Gasteiger partial charge in [0.05, 0.1) is 16.4 Å². The third-order valence-corrected chi connectivity index (χ3v) is 3.52. The van der Waals surface area contributed by atoms with Crippen LogP contribution in [0.2, 0.25) is 0 Å². The van der Waals surface area contributed by atoms with Gasteiger partial charge in [0.2, 0.25) is 0 Å². The smallest absolute Gasteiger partial charge is 0.143 e. The summed E-state index contributed by atoms with van der Waals surface area (Å²) in [6.07, 6.45) is 1.69. The molecule has 0 saturated heterocycles. The molecule has 0 spiro atoms. The Labute approximate surface area is 122 Å². The highest BCUT2D eigenvalue weighted by Crippen LogP contribution is 2.28. The average molecular weight is 320 g/mol. The van der Waals surface area contributed by atoms with E-state index in [-0.39, 0.29) is 0 Å². The van der Waals surface area contributed by atoms with Crippen LogP contribution in [0.3, 0.4) is 0 Å². The lowest BCUT2D eigenvalue weighted by Gasteiger charge is -2.29. The molecule has 0 amide bonds. The minimum absolute atomic E-state index is 0.354. The second kappa shape index (κ2) is 6.06. The van der Waals surface area contributed by atoms with Gasteiger partial charge in [0.25, 0.3) is 0 Å². The van der Waals surface area contributed by atoms with Crippen LogP contribution in [0.5, 0.6) is 0 Å². The van der Waals surface area contributed by atoms with Gasteiger partial charge in [-0.25, -0.2) is 4.98 Å². The van der Waals surface area contributed by atoms with Crippen molar-refractivity contribution in [2.45, 2.75) is 26.4 Å². The fourth-order valence-electron chi connectivity index (χ4n) is 1.94. The Balaban J connectivity index is 2.30. The fourth-order valence-corrected chi connectivity index (χ4v) is 2.53. The number of pyridine rings is 1. The molecule has 2 aromatic rings. The van der Waals surface area contributed by atoms with Gasteiger partial charge in [-0.2, -0.15) is 0 Å². The maximum atomic E-state index is 5.75.